The summed E-state index contributed by atoms with van der Waals surface area (Å²) < 4.78 is 17.1. The molecule has 3 aromatic rings. The maximum absolute atomic E-state index is 10.3. The van der Waals surface area contributed by atoms with Gasteiger partial charge in [-0.05, 0) is 55.5 Å². The van der Waals surface area contributed by atoms with E-state index in [0.29, 0.717) is 35.7 Å². The SMILES string of the molecule is CCc1cc(-c2noc(-c3cc(OC)nc(C4CCCC4)c3)n2)cc(C)c1OC[C@@H](O)CNC(CO)CO. The van der Waals surface area contributed by atoms with E-state index in [4.69, 9.17) is 24.2 Å². The monoisotopic (exact) mass is 526 g/mol. The van der Waals surface area contributed by atoms with Crippen molar-refractivity contribution in [2.45, 2.75) is 64.0 Å². The molecular weight excluding hydrogens is 488 g/mol. The topological polar surface area (TPSA) is 143 Å². The molecule has 1 atom stereocenters. The van der Waals surface area contributed by atoms with Gasteiger partial charge in [-0.1, -0.05) is 24.9 Å². The van der Waals surface area contributed by atoms with Crippen LogP contribution in [0.3, 0.4) is 0 Å². The third-order valence-electron chi connectivity index (χ3n) is 6.97. The van der Waals surface area contributed by atoms with Crippen molar-refractivity contribution in [3.05, 3.63) is 41.1 Å². The van der Waals surface area contributed by atoms with E-state index in [2.05, 4.69) is 20.4 Å². The summed E-state index contributed by atoms with van der Waals surface area (Å²) in [6.45, 7) is 3.82. The van der Waals surface area contributed by atoms with Crippen LogP contribution in [-0.4, -0.2) is 76.1 Å². The van der Waals surface area contributed by atoms with Crippen molar-refractivity contribution in [2.75, 3.05) is 33.5 Å². The smallest absolute Gasteiger partial charge is 0.258 e. The number of aromatic nitrogens is 3. The molecule has 2 heterocycles. The zero-order valence-corrected chi connectivity index (χ0v) is 22.3. The Morgan fingerprint density at radius 2 is 1.84 bits per heavy atom. The van der Waals surface area contributed by atoms with Crippen molar-refractivity contribution in [3.8, 4) is 34.5 Å². The Balaban J connectivity index is 1.51. The fraction of sp³-hybridized carbons (Fsp3) is 0.536. The molecule has 2 aromatic heterocycles. The van der Waals surface area contributed by atoms with Crippen LogP contribution in [0, 0.1) is 6.92 Å². The second-order valence-electron chi connectivity index (χ2n) is 9.80. The molecule has 0 amide bonds. The van der Waals surface area contributed by atoms with E-state index in [0.717, 1.165) is 40.8 Å². The maximum atomic E-state index is 10.3. The summed E-state index contributed by atoms with van der Waals surface area (Å²) in [5, 5.41) is 35.7. The van der Waals surface area contributed by atoms with E-state index in [1.165, 1.54) is 12.8 Å². The van der Waals surface area contributed by atoms with Crippen molar-refractivity contribution in [1.29, 1.82) is 0 Å². The molecule has 4 N–H and O–H groups in total. The van der Waals surface area contributed by atoms with Gasteiger partial charge in [-0.2, -0.15) is 4.98 Å². The van der Waals surface area contributed by atoms with Crippen LogP contribution in [0.5, 0.6) is 11.6 Å². The van der Waals surface area contributed by atoms with Crippen molar-refractivity contribution in [2.24, 2.45) is 0 Å². The summed E-state index contributed by atoms with van der Waals surface area (Å²) in [5.41, 5.74) is 4.46. The Bertz CT molecular complexity index is 1190. The number of aryl methyl sites for hydroxylation is 2. The summed E-state index contributed by atoms with van der Waals surface area (Å²) in [5.74, 6) is 2.56. The van der Waals surface area contributed by atoms with Crippen LogP contribution in [0.25, 0.3) is 22.8 Å². The Morgan fingerprint density at radius 1 is 1.08 bits per heavy atom. The highest BCUT2D eigenvalue weighted by Crippen LogP contribution is 2.36. The first-order chi connectivity index (χ1) is 18.4. The van der Waals surface area contributed by atoms with Crippen molar-refractivity contribution < 1.29 is 29.3 Å². The van der Waals surface area contributed by atoms with Crippen LogP contribution in [0.4, 0.5) is 0 Å². The first kappa shape index (κ1) is 28.0. The van der Waals surface area contributed by atoms with Crippen LogP contribution in [0.15, 0.2) is 28.8 Å². The number of nitrogens with one attached hydrogen (secondary N) is 1. The Labute approximate surface area is 223 Å². The summed E-state index contributed by atoms with van der Waals surface area (Å²) in [6.07, 6.45) is 4.60. The first-order valence-corrected chi connectivity index (χ1v) is 13.3. The highest BCUT2D eigenvalue weighted by molar-refractivity contribution is 5.64. The lowest BCUT2D eigenvalue weighted by molar-refractivity contribution is 0.0923. The Kier molecular flexibility index (Phi) is 9.68. The molecule has 1 aliphatic rings. The molecule has 0 saturated heterocycles. The molecule has 206 valence electrons. The zero-order chi connectivity index (χ0) is 27.1. The van der Waals surface area contributed by atoms with Crippen molar-refractivity contribution >= 4 is 0 Å². The first-order valence-electron chi connectivity index (χ1n) is 13.3. The highest BCUT2D eigenvalue weighted by atomic mass is 16.5. The molecule has 0 bridgehead atoms. The number of aliphatic hydroxyl groups is 3. The molecule has 0 radical (unpaired) electrons. The number of nitrogens with zero attached hydrogens (tertiary/aromatic N) is 3. The standard InChI is InChI=1S/C28H38N4O6/c1-4-18-10-20(9-17(2)26(18)37-16-23(35)13-29-22(14-33)15-34)27-31-28(38-32-27)21-11-24(19-7-5-6-8-19)30-25(12-21)36-3/h9-12,19,22-23,29,33-35H,4-8,13-16H2,1-3H3/t23-/m0/s1. The second-order valence-corrected chi connectivity index (χ2v) is 9.80. The van der Waals surface area contributed by atoms with Gasteiger partial charge in [0, 0.05) is 35.3 Å². The molecule has 0 unspecified atom stereocenters. The van der Waals surface area contributed by atoms with Gasteiger partial charge in [-0.3, -0.25) is 0 Å². The third kappa shape index (κ3) is 6.68. The van der Waals surface area contributed by atoms with Gasteiger partial charge < -0.3 is 34.6 Å². The lowest BCUT2D eigenvalue weighted by Crippen LogP contribution is -2.42. The van der Waals surface area contributed by atoms with Gasteiger partial charge in [0.2, 0.25) is 11.7 Å². The van der Waals surface area contributed by atoms with Gasteiger partial charge >= 0.3 is 0 Å². The van der Waals surface area contributed by atoms with Gasteiger partial charge in [0.05, 0.1) is 26.4 Å². The fourth-order valence-electron chi connectivity index (χ4n) is 4.82. The largest absolute Gasteiger partial charge is 0.490 e. The van der Waals surface area contributed by atoms with Gasteiger partial charge in [0.15, 0.2) is 0 Å². The minimum absolute atomic E-state index is 0.0727. The zero-order valence-electron chi connectivity index (χ0n) is 22.3. The van der Waals surface area contributed by atoms with E-state index in [-0.39, 0.29) is 26.4 Å². The quantitative estimate of drug-likeness (QED) is 0.262. The minimum atomic E-state index is -0.800. The number of hydrogen-bond donors (Lipinski definition) is 4. The highest BCUT2D eigenvalue weighted by Gasteiger charge is 2.22. The van der Waals surface area contributed by atoms with Crippen LogP contribution in [-0.2, 0) is 6.42 Å². The molecule has 10 heteroatoms. The van der Waals surface area contributed by atoms with Crippen LogP contribution in [0.1, 0.15) is 55.3 Å². The molecule has 1 aliphatic carbocycles. The Morgan fingerprint density at radius 3 is 2.53 bits per heavy atom. The number of aliphatic hydroxyl groups excluding tert-OH is 3. The van der Waals surface area contributed by atoms with E-state index >= 15 is 0 Å². The van der Waals surface area contributed by atoms with Gasteiger partial charge in [-0.25, -0.2) is 4.98 Å². The van der Waals surface area contributed by atoms with Crippen molar-refractivity contribution in [1.82, 2.24) is 20.4 Å². The molecule has 0 spiro atoms. The van der Waals surface area contributed by atoms with E-state index in [1.54, 1.807) is 7.11 Å². The predicted octanol–water partition coefficient (Wildman–Crippen LogP) is 3.02. The summed E-state index contributed by atoms with van der Waals surface area (Å²) in [4.78, 5) is 9.34. The molecular formula is C28H38N4O6. The summed E-state index contributed by atoms with van der Waals surface area (Å²) >= 11 is 0. The molecule has 1 fully saturated rings. The number of hydrogen-bond acceptors (Lipinski definition) is 10. The van der Waals surface area contributed by atoms with E-state index in [1.807, 2.05) is 38.1 Å². The summed E-state index contributed by atoms with van der Waals surface area (Å²) in [7, 11) is 1.61. The lowest BCUT2D eigenvalue weighted by atomic mass is 10.0. The number of rotatable bonds is 13. The van der Waals surface area contributed by atoms with Crippen LogP contribution >= 0.6 is 0 Å². The molecule has 38 heavy (non-hydrogen) atoms. The lowest BCUT2D eigenvalue weighted by Gasteiger charge is -2.19. The third-order valence-corrected chi connectivity index (χ3v) is 6.97. The van der Waals surface area contributed by atoms with Crippen LogP contribution in [0.2, 0.25) is 0 Å². The van der Waals surface area contributed by atoms with E-state index in [9.17, 15) is 5.11 Å². The number of ether oxygens (including phenoxy) is 2. The van der Waals surface area contributed by atoms with Crippen LogP contribution < -0.4 is 14.8 Å². The summed E-state index contributed by atoms with van der Waals surface area (Å²) in [6, 6.07) is 7.29. The molecule has 1 saturated carbocycles. The average molecular weight is 527 g/mol. The minimum Gasteiger partial charge on any atom is -0.490 e. The van der Waals surface area contributed by atoms with E-state index < -0.39 is 12.1 Å². The second kappa shape index (κ2) is 13.1. The number of benzene rings is 1. The normalized spacial score (nSPS) is 14.8. The average Bonchev–Trinajstić information content (AvgIpc) is 3.65. The van der Waals surface area contributed by atoms with Gasteiger partial charge in [0.25, 0.3) is 5.89 Å². The Hall–Kier alpha value is -3.05. The number of pyridine rings is 1. The maximum Gasteiger partial charge on any atom is 0.258 e. The fourth-order valence-corrected chi connectivity index (χ4v) is 4.82. The van der Waals surface area contributed by atoms with Gasteiger partial charge in [-0.15, -0.1) is 0 Å². The number of methoxy groups -OCH3 is 1. The molecule has 0 aliphatic heterocycles. The van der Waals surface area contributed by atoms with Crippen molar-refractivity contribution in [3.63, 3.8) is 0 Å². The van der Waals surface area contributed by atoms with Gasteiger partial charge in [0.1, 0.15) is 18.5 Å². The predicted molar refractivity (Wildman–Crippen MR) is 142 cm³/mol. The molecule has 4 rings (SSSR count). The molecule has 1 aromatic carbocycles. The molecule has 10 nitrogen and oxygen atoms in total.